The summed E-state index contributed by atoms with van der Waals surface area (Å²) in [6.07, 6.45) is 14.9. The zero-order chi connectivity index (χ0) is 18.4. The van der Waals surface area contributed by atoms with Crippen molar-refractivity contribution in [3.05, 3.63) is 22.3 Å². The Bertz CT molecular complexity index is 585. The van der Waals surface area contributed by atoms with Crippen LogP contribution < -0.4 is 0 Å². The summed E-state index contributed by atoms with van der Waals surface area (Å²) in [6, 6.07) is 0. The minimum Gasteiger partial charge on any atom is -0.0683 e. The Labute approximate surface area is 162 Å². The van der Waals surface area contributed by atoms with E-state index in [1.54, 1.807) is 0 Å². The summed E-state index contributed by atoms with van der Waals surface area (Å²) in [5.41, 5.74) is 8.02. The number of rotatable bonds is 0. The molecular formula is C26H42. The summed E-state index contributed by atoms with van der Waals surface area (Å²) < 4.78 is 0. The first-order valence-electron chi connectivity index (χ1n) is 12.1. The second kappa shape index (κ2) is 7.48. The number of allylic oxidation sites excluding steroid dienone is 4. The molecular weight excluding hydrogens is 312 g/mol. The van der Waals surface area contributed by atoms with Gasteiger partial charge in [-0.2, -0.15) is 0 Å². The Kier molecular flexibility index (Phi) is 5.42. The maximum atomic E-state index is 2.55. The highest BCUT2D eigenvalue weighted by molar-refractivity contribution is 5.41. The van der Waals surface area contributed by atoms with Crippen LogP contribution in [0.1, 0.15) is 98.8 Å². The fourth-order valence-electron chi connectivity index (χ4n) is 7.93. The van der Waals surface area contributed by atoms with Gasteiger partial charge in [-0.1, -0.05) is 63.3 Å². The first-order valence-corrected chi connectivity index (χ1v) is 12.1. The summed E-state index contributed by atoms with van der Waals surface area (Å²) in [6.45, 7) is 11.6. The van der Waals surface area contributed by atoms with E-state index in [0.717, 1.165) is 41.4 Å². The third-order valence-electron chi connectivity index (χ3n) is 8.87. The standard InChI is InChI=1S/C24H36.C2H6/c1-14-8-11-19-21-13-10-16(3)22-15(2)9-12-20(24(21)22)18-7-5-4-6-17(14)23(18)19;1-2/h14-16,18-21H,4-13H2,1-3H3;1-2H3. The Morgan fingerprint density at radius 3 is 1.62 bits per heavy atom. The lowest BCUT2D eigenvalue weighted by Crippen LogP contribution is -2.44. The molecule has 0 saturated heterocycles. The molecule has 1 fully saturated rings. The van der Waals surface area contributed by atoms with E-state index in [4.69, 9.17) is 0 Å². The molecule has 0 spiro atoms. The molecule has 5 aliphatic rings. The third-order valence-corrected chi connectivity index (χ3v) is 8.87. The smallest absolute Gasteiger partial charge is 0.0131 e. The third kappa shape index (κ3) is 2.77. The quantitative estimate of drug-likeness (QED) is 0.387. The van der Waals surface area contributed by atoms with Gasteiger partial charge in [-0.25, -0.2) is 0 Å². The molecule has 0 radical (unpaired) electrons. The highest BCUT2D eigenvalue weighted by Gasteiger charge is 2.51. The van der Waals surface area contributed by atoms with Gasteiger partial charge < -0.3 is 0 Å². The molecule has 7 unspecified atom stereocenters. The van der Waals surface area contributed by atoms with Gasteiger partial charge in [0.1, 0.15) is 0 Å². The van der Waals surface area contributed by atoms with Crippen LogP contribution >= 0.6 is 0 Å². The zero-order valence-corrected chi connectivity index (χ0v) is 18.1. The van der Waals surface area contributed by atoms with Gasteiger partial charge >= 0.3 is 0 Å². The molecule has 0 bridgehead atoms. The predicted molar refractivity (Wildman–Crippen MR) is 113 cm³/mol. The van der Waals surface area contributed by atoms with Crippen molar-refractivity contribution >= 4 is 0 Å². The molecule has 0 aromatic rings. The van der Waals surface area contributed by atoms with Gasteiger partial charge in [0, 0.05) is 0 Å². The molecule has 1 saturated carbocycles. The van der Waals surface area contributed by atoms with E-state index in [9.17, 15) is 0 Å². The van der Waals surface area contributed by atoms with Crippen molar-refractivity contribution in [1.82, 2.24) is 0 Å². The molecule has 0 heterocycles. The average molecular weight is 355 g/mol. The molecule has 5 aliphatic carbocycles. The first kappa shape index (κ1) is 18.8. The van der Waals surface area contributed by atoms with Gasteiger partial charge in [0.15, 0.2) is 0 Å². The molecule has 0 heteroatoms. The van der Waals surface area contributed by atoms with Crippen molar-refractivity contribution in [2.75, 3.05) is 0 Å². The number of fused-ring (bicyclic) bond motifs is 2. The summed E-state index contributed by atoms with van der Waals surface area (Å²) in [4.78, 5) is 0. The molecule has 0 nitrogen and oxygen atoms in total. The lowest BCUT2D eigenvalue weighted by Gasteiger charge is -2.55. The fraction of sp³-hybridized carbons (Fsp3) is 0.846. The molecule has 0 aromatic carbocycles. The lowest BCUT2D eigenvalue weighted by atomic mass is 9.50. The van der Waals surface area contributed by atoms with Crippen molar-refractivity contribution in [1.29, 1.82) is 0 Å². The van der Waals surface area contributed by atoms with Crippen LogP contribution in [0.25, 0.3) is 0 Å². The number of hydrogen-bond acceptors (Lipinski definition) is 0. The van der Waals surface area contributed by atoms with Gasteiger partial charge in [0.25, 0.3) is 0 Å². The van der Waals surface area contributed by atoms with Crippen LogP contribution in [-0.2, 0) is 0 Å². The second-order valence-electron chi connectivity index (χ2n) is 10.00. The maximum absolute atomic E-state index is 2.55. The SMILES string of the molecule is CC.CC1CCC2C3=C1CCCCC3C1CCC(C)C3=C1C2CCC3C. The molecule has 146 valence electrons. The molecule has 26 heavy (non-hydrogen) atoms. The van der Waals surface area contributed by atoms with E-state index in [-0.39, 0.29) is 0 Å². The van der Waals surface area contributed by atoms with Crippen molar-refractivity contribution < 1.29 is 0 Å². The normalized spacial score (nSPS) is 44.4. The minimum atomic E-state index is 0.882. The molecule has 0 N–H and O–H groups in total. The van der Waals surface area contributed by atoms with Crippen LogP contribution in [0.2, 0.25) is 0 Å². The van der Waals surface area contributed by atoms with Crippen molar-refractivity contribution in [3.63, 3.8) is 0 Å². The van der Waals surface area contributed by atoms with Crippen LogP contribution in [0.15, 0.2) is 22.3 Å². The highest BCUT2D eigenvalue weighted by atomic mass is 14.6. The van der Waals surface area contributed by atoms with Crippen LogP contribution in [-0.4, -0.2) is 0 Å². The van der Waals surface area contributed by atoms with Crippen LogP contribution in [0, 0.1) is 41.4 Å². The van der Waals surface area contributed by atoms with Crippen molar-refractivity contribution in [2.24, 2.45) is 41.4 Å². The van der Waals surface area contributed by atoms with E-state index >= 15 is 0 Å². The fourth-order valence-corrected chi connectivity index (χ4v) is 7.93. The molecule has 7 atom stereocenters. The monoisotopic (exact) mass is 354 g/mol. The Morgan fingerprint density at radius 1 is 0.500 bits per heavy atom. The van der Waals surface area contributed by atoms with Crippen LogP contribution in [0.5, 0.6) is 0 Å². The molecule has 5 rings (SSSR count). The predicted octanol–water partition coefficient (Wildman–Crippen LogP) is 7.95. The lowest BCUT2D eigenvalue weighted by molar-refractivity contribution is 0.159. The van der Waals surface area contributed by atoms with Crippen LogP contribution in [0.3, 0.4) is 0 Å². The van der Waals surface area contributed by atoms with Gasteiger partial charge in [-0.05, 0) is 99.2 Å². The largest absolute Gasteiger partial charge is 0.0683 e. The van der Waals surface area contributed by atoms with E-state index in [1.807, 2.05) is 36.1 Å². The average Bonchev–Trinajstić information content (AvgIpc) is 2.89. The first-order chi connectivity index (χ1) is 12.7. The van der Waals surface area contributed by atoms with E-state index in [2.05, 4.69) is 20.8 Å². The Balaban J connectivity index is 0.000000814. The summed E-state index contributed by atoms with van der Waals surface area (Å²) >= 11 is 0. The molecule has 0 aliphatic heterocycles. The summed E-state index contributed by atoms with van der Waals surface area (Å²) in [5, 5.41) is 0. The van der Waals surface area contributed by atoms with Gasteiger partial charge in [0.05, 0.1) is 0 Å². The molecule has 0 amide bonds. The molecule has 0 aromatic heterocycles. The topological polar surface area (TPSA) is 0 Å². The summed E-state index contributed by atoms with van der Waals surface area (Å²) in [5.74, 6) is 6.48. The highest BCUT2D eigenvalue weighted by Crippen LogP contribution is 2.62. The van der Waals surface area contributed by atoms with E-state index < -0.39 is 0 Å². The Hall–Kier alpha value is -0.520. The summed E-state index contributed by atoms with van der Waals surface area (Å²) in [7, 11) is 0. The number of hydrogen-bond donors (Lipinski definition) is 0. The van der Waals surface area contributed by atoms with Gasteiger partial charge in [-0.3, -0.25) is 0 Å². The van der Waals surface area contributed by atoms with E-state index in [0.29, 0.717) is 0 Å². The van der Waals surface area contributed by atoms with Crippen LogP contribution in [0.4, 0.5) is 0 Å². The van der Waals surface area contributed by atoms with Gasteiger partial charge in [0.2, 0.25) is 0 Å². The van der Waals surface area contributed by atoms with E-state index in [1.165, 1.54) is 64.2 Å². The minimum absolute atomic E-state index is 0.882. The van der Waals surface area contributed by atoms with Gasteiger partial charge in [-0.15, -0.1) is 0 Å². The Morgan fingerprint density at radius 2 is 1.00 bits per heavy atom. The van der Waals surface area contributed by atoms with Crippen molar-refractivity contribution in [3.8, 4) is 0 Å². The zero-order valence-electron chi connectivity index (χ0n) is 18.1. The maximum Gasteiger partial charge on any atom is -0.0131 e. The second-order valence-corrected chi connectivity index (χ2v) is 10.00. The van der Waals surface area contributed by atoms with Crippen molar-refractivity contribution in [2.45, 2.75) is 98.8 Å².